The summed E-state index contributed by atoms with van der Waals surface area (Å²) in [4.78, 5) is 12.5. The van der Waals surface area contributed by atoms with Crippen LogP contribution >= 0.6 is 0 Å². The highest BCUT2D eigenvalue weighted by atomic mass is 16.4. The Kier molecular flexibility index (Phi) is 3.09. The first kappa shape index (κ1) is 15.5. The maximum atomic E-state index is 12.5. The Hall–Kier alpha value is -1.98. The summed E-state index contributed by atoms with van der Waals surface area (Å²) in [6.07, 6.45) is 3.39. The molecule has 2 unspecified atom stereocenters. The maximum Gasteiger partial charge on any atom is 0.266 e. The lowest BCUT2D eigenvalue weighted by atomic mass is 9.51. The molecule has 2 atom stereocenters. The molecule has 0 amide bonds. The van der Waals surface area contributed by atoms with Crippen molar-refractivity contribution in [3.05, 3.63) is 17.1 Å². The highest BCUT2D eigenvalue weighted by molar-refractivity contribution is 5.86. The molecule has 0 radical (unpaired) electrons. The van der Waals surface area contributed by atoms with Crippen LogP contribution in [-0.4, -0.2) is 25.8 Å². The highest BCUT2D eigenvalue weighted by Gasteiger charge is 2.55. The summed E-state index contributed by atoms with van der Waals surface area (Å²) in [6, 6.07) is 0. The van der Waals surface area contributed by atoms with E-state index in [0.29, 0.717) is 29.9 Å². The third-order valence-corrected chi connectivity index (χ3v) is 6.33. The van der Waals surface area contributed by atoms with Crippen LogP contribution in [-0.2, 0) is 23.7 Å². The average Bonchev–Trinajstić information content (AvgIpc) is 3.07. The minimum atomic E-state index is -0.288. The van der Waals surface area contributed by atoms with Crippen molar-refractivity contribution in [2.45, 2.75) is 58.8 Å². The summed E-state index contributed by atoms with van der Waals surface area (Å²) in [7, 11) is 1.94. The monoisotopic (exact) mass is 328 g/mol. The van der Waals surface area contributed by atoms with E-state index in [9.17, 15) is 4.79 Å². The smallest absolute Gasteiger partial charge is 0.266 e. The Labute approximate surface area is 141 Å². The number of ketones is 1. The van der Waals surface area contributed by atoms with E-state index in [0.717, 1.165) is 30.7 Å². The maximum absolute atomic E-state index is 12.5. The number of hydrogen-bond donors (Lipinski definition) is 0. The Balaban J connectivity index is 1.87. The molecule has 4 rings (SSSR count). The van der Waals surface area contributed by atoms with Crippen molar-refractivity contribution in [1.82, 2.24) is 20.0 Å². The zero-order valence-electron chi connectivity index (χ0n) is 15.0. The fourth-order valence-electron chi connectivity index (χ4n) is 5.04. The Morgan fingerprint density at radius 3 is 2.62 bits per heavy atom. The molecule has 1 fully saturated rings. The standard InChI is InChI=1S/C18H24N4O2/c1-10-19-20-16(24-10)14-11-6-7-12-17(2,3)13(23)8-9-18(12,4)15(11)21-22(14)5/h12H,6-9H2,1-5H3. The van der Waals surface area contributed by atoms with Crippen molar-refractivity contribution >= 4 is 5.78 Å². The van der Waals surface area contributed by atoms with E-state index in [4.69, 9.17) is 9.52 Å². The van der Waals surface area contributed by atoms with Crippen LogP contribution in [0.15, 0.2) is 4.42 Å². The second kappa shape index (κ2) is 4.77. The molecule has 2 aromatic rings. The fourth-order valence-corrected chi connectivity index (χ4v) is 5.04. The van der Waals surface area contributed by atoms with Crippen LogP contribution in [0.25, 0.3) is 11.6 Å². The number of aromatic nitrogens is 4. The van der Waals surface area contributed by atoms with Gasteiger partial charge in [0, 0.05) is 36.8 Å². The van der Waals surface area contributed by atoms with Crippen LogP contribution < -0.4 is 0 Å². The zero-order valence-corrected chi connectivity index (χ0v) is 15.0. The van der Waals surface area contributed by atoms with Crippen LogP contribution in [0.3, 0.4) is 0 Å². The van der Waals surface area contributed by atoms with Gasteiger partial charge >= 0.3 is 0 Å². The molecule has 0 aromatic carbocycles. The minimum Gasteiger partial charge on any atom is -0.420 e. The van der Waals surface area contributed by atoms with Gasteiger partial charge in [0.2, 0.25) is 5.89 Å². The molecule has 6 heteroatoms. The second-order valence-corrected chi connectivity index (χ2v) is 8.08. The van der Waals surface area contributed by atoms with Crippen molar-refractivity contribution in [3.8, 4) is 11.6 Å². The Morgan fingerprint density at radius 2 is 1.96 bits per heavy atom. The molecular formula is C18H24N4O2. The van der Waals surface area contributed by atoms with Crippen LogP contribution in [0, 0.1) is 18.3 Å². The van der Waals surface area contributed by atoms with E-state index >= 15 is 0 Å². The fraction of sp³-hybridized carbons (Fsp3) is 0.667. The number of rotatable bonds is 1. The number of carbonyl (C=O) groups is 1. The summed E-state index contributed by atoms with van der Waals surface area (Å²) < 4.78 is 7.53. The molecule has 2 aliphatic rings. The molecule has 24 heavy (non-hydrogen) atoms. The lowest BCUT2D eigenvalue weighted by Crippen LogP contribution is -2.52. The van der Waals surface area contributed by atoms with Gasteiger partial charge in [-0.05, 0) is 25.2 Å². The Bertz CT molecular complexity index is 832. The molecule has 2 heterocycles. The number of nitrogens with zero attached hydrogens (tertiary/aromatic N) is 4. The number of aryl methyl sites for hydroxylation is 2. The summed E-state index contributed by atoms with van der Waals surface area (Å²) in [6.45, 7) is 8.28. The lowest BCUT2D eigenvalue weighted by molar-refractivity contribution is -0.137. The molecule has 6 nitrogen and oxygen atoms in total. The predicted octanol–water partition coefficient (Wildman–Crippen LogP) is 2.99. The molecule has 0 bridgehead atoms. The third kappa shape index (κ3) is 1.88. The number of carbonyl (C=O) groups excluding carboxylic acids is 1. The summed E-state index contributed by atoms with van der Waals surface area (Å²) in [5.74, 6) is 1.81. The van der Waals surface area contributed by atoms with Crippen molar-refractivity contribution in [1.29, 1.82) is 0 Å². The van der Waals surface area contributed by atoms with Gasteiger partial charge in [-0.25, -0.2) is 0 Å². The molecule has 128 valence electrons. The number of fused-ring (bicyclic) bond motifs is 3. The summed E-state index contributed by atoms with van der Waals surface area (Å²) in [5, 5.41) is 13.0. The van der Waals surface area contributed by atoms with Crippen LogP contribution in [0.1, 0.15) is 57.2 Å². The van der Waals surface area contributed by atoms with Crippen molar-refractivity contribution in [3.63, 3.8) is 0 Å². The quantitative estimate of drug-likeness (QED) is 0.804. The molecular weight excluding hydrogens is 304 g/mol. The second-order valence-electron chi connectivity index (χ2n) is 8.08. The molecule has 1 saturated carbocycles. The van der Waals surface area contributed by atoms with E-state index in [1.165, 1.54) is 5.56 Å². The molecule has 0 N–H and O–H groups in total. The SMILES string of the molecule is Cc1nnc(-c2c3c(nn2C)C2(C)CCC(=O)C(C)(C)C2CC3)o1. The first-order valence-electron chi connectivity index (χ1n) is 8.65. The van der Waals surface area contributed by atoms with E-state index in [2.05, 4.69) is 31.0 Å². The van der Waals surface area contributed by atoms with Gasteiger partial charge in [-0.15, -0.1) is 10.2 Å². The Morgan fingerprint density at radius 1 is 1.21 bits per heavy atom. The van der Waals surface area contributed by atoms with E-state index in [1.54, 1.807) is 6.92 Å². The normalized spacial score (nSPS) is 28.5. The zero-order chi connectivity index (χ0) is 17.3. The van der Waals surface area contributed by atoms with Gasteiger partial charge in [0.15, 0.2) is 0 Å². The van der Waals surface area contributed by atoms with Gasteiger partial charge in [-0.2, -0.15) is 5.10 Å². The molecule has 0 spiro atoms. The predicted molar refractivity (Wildman–Crippen MR) is 88.4 cm³/mol. The highest BCUT2D eigenvalue weighted by Crippen LogP contribution is 2.56. The van der Waals surface area contributed by atoms with E-state index < -0.39 is 0 Å². The molecule has 0 saturated heterocycles. The van der Waals surface area contributed by atoms with Crippen molar-refractivity contribution in [2.75, 3.05) is 0 Å². The van der Waals surface area contributed by atoms with E-state index in [1.807, 2.05) is 11.7 Å². The summed E-state index contributed by atoms with van der Waals surface area (Å²) in [5.41, 5.74) is 2.90. The van der Waals surface area contributed by atoms with Gasteiger partial charge in [-0.3, -0.25) is 9.48 Å². The van der Waals surface area contributed by atoms with Crippen molar-refractivity contribution < 1.29 is 9.21 Å². The number of hydrogen-bond acceptors (Lipinski definition) is 5. The van der Waals surface area contributed by atoms with Gasteiger partial charge in [0.25, 0.3) is 5.89 Å². The largest absolute Gasteiger partial charge is 0.420 e. The third-order valence-electron chi connectivity index (χ3n) is 6.33. The van der Waals surface area contributed by atoms with Gasteiger partial charge in [0.1, 0.15) is 11.5 Å². The van der Waals surface area contributed by atoms with E-state index in [-0.39, 0.29) is 10.8 Å². The topological polar surface area (TPSA) is 73.8 Å². The molecule has 2 aromatic heterocycles. The molecule has 0 aliphatic heterocycles. The van der Waals surface area contributed by atoms with Crippen LogP contribution in [0.2, 0.25) is 0 Å². The first-order chi connectivity index (χ1) is 11.2. The van der Waals surface area contributed by atoms with Crippen LogP contribution in [0.5, 0.6) is 0 Å². The minimum absolute atomic E-state index is 0.0733. The van der Waals surface area contributed by atoms with Gasteiger partial charge in [0.05, 0.1) is 5.69 Å². The molecule has 2 aliphatic carbocycles. The lowest BCUT2D eigenvalue weighted by Gasteiger charge is -2.51. The number of Topliss-reactive ketones (excluding diaryl/α,β-unsaturated/α-hetero) is 1. The first-order valence-corrected chi connectivity index (χ1v) is 8.65. The van der Waals surface area contributed by atoms with Gasteiger partial charge in [-0.1, -0.05) is 20.8 Å². The van der Waals surface area contributed by atoms with Gasteiger partial charge < -0.3 is 4.42 Å². The van der Waals surface area contributed by atoms with Crippen molar-refractivity contribution in [2.24, 2.45) is 18.4 Å². The van der Waals surface area contributed by atoms with Crippen LogP contribution in [0.4, 0.5) is 0 Å². The summed E-state index contributed by atoms with van der Waals surface area (Å²) >= 11 is 0. The average molecular weight is 328 g/mol.